The molecule has 0 aliphatic carbocycles. The van der Waals surface area contributed by atoms with Crippen molar-refractivity contribution >= 4 is 39.7 Å². The number of rotatable bonds is 5. The van der Waals surface area contributed by atoms with Crippen molar-refractivity contribution in [2.24, 2.45) is 0 Å². The Balaban J connectivity index is 1.69. The molecule has 5 nitrogen and oxygen atoms in total. The second kappa shape index (κ2) is 7.36. The minimum absolute atomic E-state index is 0.279. The quantitative estimate of drug-likeness (QED) is 0.388. The third-order valence-corrected chi connectivity index (χ3v) is 4.76. The van der Waals surface area contributed by atoms with E-state index in [1.807, 2.05) is 48.5 Å². The molecule has 0 aliphatic heterocycles. The number of hydrogen-bond donors (Lipinski definition) is 1. The zero-order valence-electron chi connectivity index (χ0n) is 16.2. The molecule has 3 aromatic carbocycles. The third-order valence-electron chi connectivity index (χ3n) is 4.76. The maximum Gasteiger partial charge on any atom is 0.268 e. The van der Waals surface area contributed by atoms with Crippen molar-refractivity contribution in [1.82, 2.24) is 4.98 Å². The lowest BCUT2D eigenvalue weighted by Crippen LogP contribution is -2.42. The Bertz CT molecular complexity index is 1160. The van der Waals surface area contributed by atoms with Crippen LogP contribution >= 0.6 is 0 Å². The lowest BCUT2D eigenvalue weighted by Gasteiger charge is -2.26. The SMILES string of the molecule is CC(C)(Oc1ccc(C=O)cc1)C(=O)Nc1c2ccccc2nc2ccccc12. The minimum atomic E-state index is -1.13. The van der Waals surface area contributed by atoms with Crippen LogP contribution in [0, 0.1) is 0 Å². The molecule has 0 saturated heterocycles. The van der Waals surface area contributed by atoms with Crippen molar-refractivity contribution in [1.29, 1.82) is 0 Å². The highest BCUT2D eigenvalue weighted by Crippen LogP contribution is 2.31. The van der Waals surface area contributed by atoms with E-state index < -0.39 is 5.60 Å². The summed E-state index contributed by atoms with van der Waals surface area (Å²) in [6, 6.07) is 22.1. The van der Waals surface area contributed by atoms with Crippen molar-refractivity contribution < 1.29 is 14.3 Å². The average Bonchev–Trinajstić information content (AvgIpc) is 2.73. The van der Waals surface area contributed by atoms with Gasteiger partial charge in [0.25, 0.3) is 5.91 Å². The van der Waals surface area contributed by atoms with Crippen LogP contribution in [0.5, 0.6) is 5.75 Å². The summed E-state index contributed by atoms with van der Waals surface area (Å²) in [5.74, 6) is 0.235. The van der Waals surface area contributed by atoms with E-state index in [-0.39, 0.29) is 5.91 Å². The topological polar surface area (TPSA) is 68.3 Å². The number of anilines is 1. The predicted molar refractivity (Wildman–Crippen MR) is 114 cm³/mol. The number of fused-ring (bicyclic) bond motifs is 2. The second-order valence-corrected chi connectivity index (χ2v) is 7.27. The van der Waals surface area contributed by atoms with Crippen LogP contribution in [-0.4, -0.2) is 22.8 Å². The molecule has 0 radical (unpaired) electrons. The first kappa shape index (κ1) is 18.6. The number of benzene rings is 3. The Morgan fingerprint density at radius 2 is 1.45 bits per heavy atom. The largest absolute Gasteiger partial charge is 0.478 e. The smallest absolute Gasteiger partial charge is 0.268 e. The van der Waals surface area contributed by atoms with Gasteiger partial charge in [0.05, 0.1) is 16.7 Å². The Kier molecular flexibility index (Phi) is 4.72. The highest BCUT2D eigenvalue weighted by molar-refractivity contribution is 6.13. The van der Waals surface area contributed by atoms with Crippen LogP contribution in [0.15, 0.2) is 72.8 Å². The molecule has 29 heavy (non-hydrogen) atoms. The molecule has 144 valence electrons. The molecule has 1 heterocycles. The number of carbonyl (C=O) groups is 2. The molecule has 1 amide bonds. The van der Waals surface area contributed by atoms with Crippen LogP contribution in [0.3, 0.4) is 0 Å². The van der Waals surface area contributed by atoms with Gasteiger partial charge in [-0.3, -0.25) is 9.59 Å². The molecule has 5 heteroatoms. The van der Waals surface area contributed by atoms with Crippen molar-refractivity contribution in [2.75, 3.05) is 5.32 Å². The summed E-state index contributed by atoms with van der Waals surface area (Å²) in [6.07, 6.45) is 0.765. The fraction of sp³-hybridized carbons (Fsp3) is 0.125. The molecule has 1 aromatic heterocycles. The van der Waals surface area contributed by atoms with Crippen LogP contribution in [0.4, 0.5) is 5.69 Å². The van der Waals surface area contributed by atoms with Crippen LogP contribution in [-0.2, 0) is 4.79 Å². The number of nitrogens with zero attached hydrogens (tertiary/aromatic N) is 1. The highest BCUT2D eigenvalue weighted by atomic mass is 16.5. The zero-order valence-corrected chi connectivity index (χ0v) is 16.2. The van der Waals surface area contributed by atoms with Crippen molar-refractivity contribution in [2.45, 2.75) is 19.4 Å². The first-order valence-corrected chi connectivity index (χ1v) is 9.31. The Morgan fingerprint density at radius 3 is 2.00 bits per heavy atom. The van der Waals surface area contributed by atoms with Gasteiger partial charge in [-0.2, -0.15) is 0 Å². The number of nitrogens with one attached hydrogen (secondary N) is 1. The summed E-state index contributed by atoms with van der Waals surface area (Å²) in [7, 11) is 0. The summed E-state index contributed by atoms with van der Waals surface area (Å²) in [5.41, 5.74) is 1.75. The number of para-hydroxylation sites is 2. The van der Waals surface area contributed by atoms with Gasteiger partial charge in [0, 0.05) is 16.3 Å². The van der Waals surface area contributed by atoms with Gasteiger partial charge < -0.3 is 10.1 Å². The Labute approximate surface area is 168 Å². The first-order valence-electron chi connectivity index (χ1n) is 9.31. The standard InChI is InChI=1S/C24H20N2O3/c1-24(2,29-17-13-11-16(15-27)12-14-17)23(28)26-22-18-7-3-5-9-20(18)25-21-10-6-4-8-19(21)22/h3-15H,1-2H3,(H,25,26,28). The van der Waals surface area contributed by atoms with E-state index in [1.165, 1.54) is 0 Å². The normalized spacial score (nSPS) is 11.4. The van der Waals surface area contributed by atoms with Crippen LogP contribution in [0.1, 0.15) is 24.2 Å². The van der Waals surface area contributed by atoms with Gasteiger partial charge in [-0.15, -0.1) is 0 Å². The molecule has 0 spiro atoms. The van der Waals surface area contributed by atoms with Gasteiger partial charge in [0.2, 0.25) is 0 Å². The average molecular weight is 384 g/mol. The molecular weight excluding hydrogens is 364 g/mol. The molecule has 0 bridgehead atoms. The monoisotopic (exact) mass is 384 g/mol. The van der Waals surface area contributed by atoms with Gasteiger partial charge in [-0.05, 0) is 50.2 Å². The number of ether oxygens (including phenoxy) is 1. The predicted octanol–water partition coefficient (Wildman–Crippen LogP) is 5.00. The van der Waals surface area contributed by atoms with Crippen molar-refractivity contribution in [3.63, 3.8) is 0 Å². The second-order valence-electron chi connectivity index (χ2n) is 7.27. The van der Waals surface area contributed by atoms with Gasteiger partial charge in [-0.25, -0.2) is 4.98 Å². The maximum absolute atomic E-state index is 13.1. The summed E-state index contributed by atoms with van der Waals surface area (Å²) in [6.45, 7) is 3.42. The highest BCUT2D eigenvalue weighted by Gasteiger charge is 2.31. The number of pyridine rings is 1. The van der Waals surface area contributed by atoms with Gasteiger partial charge in [-0.1, -0.05) is 36.4 Å². The van der Waals surface area contributed by atoms with E-state index in [4.69, 9.17) is 4.74 Å². The number of aldehydes is 1. The van der Waals surface area contributed by atoms with E-state index in [0.717, 1.165) is 28.1 Å². The van der Waals surface area contributed by atoms with Crippen molar-refractivity contribution in [3.05, 3.63) is 78.4 Å². The fourth-order valence-electron chi connectivity index (χ4n) is 3.19. The lowest BCUT2D eigenvalue weighted by molar-refractivity contribution is -0.128. The lowest BCUT2D eigenvalue weighted by atomic mass is 10.0. The van der Waals surface area contributed by atoms with Crippen LogP contribution in [0.2, 0.25) is 0 Å². The van der Waals surface area contributed by atoms with Gasteiger partial charge in [0.15, 0.2) is 5.60 Å². The fourth-order valence-corrected chi connectivity index (χ4v) is 3.19. The molecule has 0 fully saturated rings. The summed E-state index contributed by atoms with van der Waals surface area (Å²) < 4.78 is 5.92. The molecule has 0 saturated carbocycles. The summed E-state index contributed by atoms with van der Waals surface area (Å²) in [4.78, 5) is 28.6. The first-order chi connectivity index (χ1) is 14.0. The molecule has 4 rings (SSSR count). The molecule has 0 aliphatic rings. The Hall–Kier alpha value is -3.73. The van der Waals surface area contributed by atoms with Gasteiger partial charge in [0.1, 0.15) is 12.0 Å². The van der Waals surface area contributed by atoms with E-state index in [1.54, 1.807) is 38.1 Å². The third kappa shape index (κ3) is 3.67. The zero-order chi connectivity index (χ0) is 20.4. The van der Waals surface area contributed by atoms with E-state index in [9.17, 15) is 9.59 Å². The number of aromatic nitrogens is 1. The molecule has 0 unspecified atom stereocenters. The summed E-state index contributed by atoms with van der Waals surface area (Å²) >= 11 is 0. The van der Waals surface area contributed by atoms with Crippen LogP contribution in [0.25, 0.3) is 21.8 Å². The van der Waals surface area contributed by atoms with E-state index in [2.05, 4.69) is 10.3 Å². The Morgan fingerprint density at radius 1 is 0.897 bits per heavy atom. The molecule has 0 atom stereocenters. The molecule has 4 aromatic rings. The number of carbonyl (C=O) groups excluding carboxylic acids is 2. The number of amides is 1. The minimum Gasteiger partial charge on any atom is -0.478 e. The van der Waals surface area contributed by atoms with Crippen molar-refractivity contribution in [3.8, 4) is 5.75 Å². The molecular formula is C24H20N2O3. The number of hydrogen-bond acceptors (Lipinski definition) is 4. The van der Waals surface area contributed by atoms with Gasteiger partial charge >= 0.3 is 0 Å². The van der Waals surface area contributed by atoms with Crippen LogP contribution < -0.4 is 10.1 Å². The summed E-state index contributed by atoms with van der Waals surface area (Å²) in [5, 5.41) is 4.78. The maximum atomic E-state index is 13.1. The molecule has 1 N–H and O–H groups in total. The van der Waals surface area contributed by atoms with E-state index >= 15 is 0 Å². The van der Waals surface area contributed by atoms with E-state index in [0.29, 0.717) is 17.0 Å².